The fraction of sp³-hybridized carbons (Fsp3) is 0.263. The third kappa shape index (κ3) is 5.04. The van der Waals surface area contributed by atoms with Crippen molar-refractivity contribution < 1.29 is 14.3 Å². The Hall–Kier alpha value is -2.93. The summed E-state index contributed by atoms with van der Waals surface area (Å²) in [5.74, 6) is 1.50. The number of methoxy groups -OCH3 is 1. The van der Waals surface area contributed by atoms with Gasteiger partial charge < -0.3 is 24.1 Å². The van der Waals surface area contributed by atoms with Gasteiger partial charge in [-0.05, 0) is 36.4 Å². The highest BCUT2D eigenvalue weighted by molar-refractivity contribution is 6.30. The van der Waals surface area contributed by atoms with Gasteiger partial charge in [0.1, 0.15) is 23.8 Å². The maximum atomic E-state index is 12.2. The van der Waals surface area contributed by atoms with Gasteiger partial charge in [-0.2, -0.15) is 0 Å². The molecule has 0 saturated heterocycles. The van der Waals surface area contributed by atoms with E-state index in [0.29, 0.717) is 24.7 Å². The Kier molecular flexibility index (Phi) is 6.03. The van der Waals surface area contributed by atoms with Gasteiger partial charge in [-0.25, -0.2) is 9.78 Å². The number of hydrogen-bond donors (Lipinski definition) is 1. The summed E-state index contributed by atoms with van der Waals surface area (Å²) in [6.45, 7) is 1.18. The van der Waals surface area contributed by atoms with Crippen LogP contribution in [0.2, 0.25) is 5.02 Å². The Balaban J connectivity index is 1.43. The number of halogens is 1. The van der Waals surface area contributed by atoms with Gasteiger partial charge in [0.2, 0.25) is 0 Å². The molecule has 0 atom stereocenters. The lowest BCUT2D eigenvalue weighted by molar-refractivity contribution is 0.195. The van der Waals surface area contributed by atoms with E-state index in [9.17, 15) is 4.79 Å². The molecule has 7 nitrogen and oxygen atoms in total. The summed E-state index contributed by atoms with van der Waals surface area (Å²) in [6.07, 6.45) is 3.62. The summed E-state index contributed by atoms with van der Waals surface area (Å²) in [7, 11) is 3.33. The molecule has 0 unspecified atom stereocenters. The summed E-state index contributed by atoms with van der Waals surface area (Å²) >= 11 is 5.96. The first-order valence-electron chi connectivity index (χ1n) is 8.44. The Morgan fingerprint density at radius 3 is 2.67 bits per heavy atom. The maximum absolute atomic E-state index is 12.2. The highest BCUT2D eigenvalue weighted by Crippen LogP contribution is 2.16. The van der Waals surface area contributed by atoms with Gasteiger partial charge in [0.25, 0.3) is 0 Å². The maximum Gasteiger partial charge on any atom is 0.317 e. The summed E-state index contributed by atoms with van der Waals surface area (Å²) in [6, 6.07) is 10.7. The molecular weight excluding hydrogens is 368 g/mol. The summed E-state index contributed by atoms with van der Waals surface area (Å²) in [4.78, 5) is 18.2. The van der Waals surface area contributed by atoms with E-state index in [-0.39, 0.29) is 6.03 Å². The molecule has 0 saturated carbocycles. The molecule has 0 aliphatic heterocycles. The second-order valence-corrected chi connectivity index (χ2v) is 6.39. The van der Waals surface area contributed by atoms with Crippen LogP contribution >= 0.6 is 11.6 Å². The number of fused-ring (bicyclic) bond motifs is 1. The van der Waals surface area contributed by atoms with Crippen molar-refractivity contribution in [2.45, 2.75) is 6.54 Å². The fourth-order valence-electron chi connectivity index (χ4n) is 2.48. The Morgan fingerprint density at radius 2 is 1.93 bits per heavy atom. The first kappa shape index (κ1) is 18.8. The summed E-state index contributed by atoms with van der Waals surface area (Å²) in [5.41, 5.74) is 1.54. The Labute approximate surface area is 162 Å². The normalized spacial score (nSPS) is 10.6. The van der Waals surface area contributed by atoms with E-state index >= 15 is 0 Å². The van der Waals surface area contributed by atoms with Gasteiger partial charge in [0.15, 0.2) is 0 Å². The highest BCUT2D eigenvalue weighted by Gasteiger charge is 2.10. The van der Waals surface area contributed by atoms with E-state index in [1.54, 1.807) is 31.3 Å². The van der Waals surface area contributed by atoms with Crippen molar-refractivity contribution in [1.29, 1.82) is 0 Å². The van der Waals surface area contributed by atoms with Gasteiger partial charge >= 0.3 is 6.03 Å². The van der Waals surface area contributed by atoms with Crippen LogP contribution in [0.15, 0.2) is 48.8 Å². The molecule has 0 fully saturated rings. The largest absolute Gasteiger partial charge is 0.497 e. The number of urea groups is 1. The minimum Gasteiger partial charge on any atom is -0.497 e. The number of nitrogens with zero attached hydrogens (tertiary/aromatic N) is 3. The van der Waals surface area contributed by atoms with Crippen molar-refractivity contribution in [3.05, 3.63) is 59.5 Å². The van der Waals surface area contributed by atoms with Crippen molar-refractivity contribution >= 4 is 23.3 Å². The molecule has 0 bridgehead atoms. The van der Waals surface area contributed by atoms with E-state index in [4.69, 9.17) is 21.1 Å². The molecule has 0 radical (unpaired) electrons. The van der Waals surface area contributed by atoms with Crippen molar-refractivity contribution in [1.82, 2.24) is 19.6 Å². The number of carbonyl (C=O) groups excluding carboxylic acids is 1. The van der Waals surface area contributed by atoms with E-state index in [1.165, 1.54) is 0 Å². The number of carbonyl (C=O) groups is 1. The average Bonchev–Trinajstić information content (AvgIpc) is 3.08. The number of nitrogens with one attached hydrogen (secondary N) is 1. The number of hydrogen-bond acceptors (Lipinski definition) is 4. The predicted molar refractivity (Wildman–Crippen MR) is 104 cm³/mol. The lowest BCUT2D eigenvalue weighted by atomic mass is 10.3. The molecule has 1 aromatic carbocycles. The zero-order valence-corrected chi connectivity index (χ0v) is 15.9. The predicted octanol–water partition coefficient (Wildman–Crippen LogP) is 3.22. The molecule has 2 amide bonds. The van der Waals surface area contributed by atoms with Crippen LogP contribution in [-0.2, 0) is 6.54 Å². The quantitative estimate of drug-likeness (QED) is 0.674. The molecule has 0 spiro atoms. The van der Waals surface area contributed by atoms with Crippen molar-refractivity contribution in [2.75, 3.05) is 27.3 Å². The molecule has 27 heavy (non-hydrogen) atoms. The minimum atomic E-state index is -0.191. The molecule has 3 rings (SSSR count). The number of aromatic nitrogens is 2. The van der Waals surface area contributed by atoms with Crippen LogP contribution in [0.25, 0.3) is 5.65 Å². The SMILES string of the molecule is COc1ccc(OCCN(C)C(=O)NCc2cn3cc(Cl)ccc3n2)cc1. The molecule has 2 aromatic heterocycles. The molecule has 3 aromatic rings. The van der Waals surface area contributed by atoms with Crippen LogP contribution < -0.4 is 14.8 Å². The van der Waals surface area contributed by atoms with Gasteiger partial charge in [-0.3, -0.25) is 0 Å². The molecular formula is C19H21ClN4O3. The van der Waals surface area contributed by atoms with E-state index in [2.05, 4.69) is 10.3 Å². The molecule has 8 heteroatoms. The van der Waals surface area contributed by atoms with Crippen LogP contribution in [-0.4, -0.2) is 47.6 Å². The van der Waals surface area contributed by atoms with Gasteiger partial charge in [-0.1, -0.05) is 11.6 Å². The molecule has 2 heterocycles. The zero-order chi connectivity index (χ0) is 19.2. The van der Waals surface area contributed by atoms with Gasteiger partial charge in [0.05, 0.1) is 30.9 Å². The number of benzene rings is 1. The number of likely N-dealkylation sites (N-methyl/N-ethyl adjacent to an activating group) is 1. The molecule has 142 valence electrons. The Bertz CT molecular complexity index is 911. The third-order valence-corrected chi connectivity index (χ3v) is 4.21. The van der Waals surface area contributed by atoms with Crippen LogP contribution in [0.1, 0.15) is 5.69 Å². The van der Waals surface area contributed by atoms with Crippen molar-refractivity contribution in [3.8, 4) is 11.5 Å². The van der Waals surface area contributed by atoms with Crippen molar-refractivity contribution in [3.63, 3.8) is 0 Å². The zero-order valence-electron chi connectivity index (χ0n) is 15.2. The second-order valence-electron chi connectivity index (χ2n) is 5.95. The summed E-state index contributed by atoms with van der Waals surface area (Å²) in [5, 5.41) is 3.48. The third-order valence-electron chi connectivity index (χ3n) is 3.99. The first-order valence-corrected chi connectivity index (χ1v) is 8.82. The smallest absolute Gasteiger partial charge is 0.317 e. The Morgan fingerprint density at radius 1 is 1.19 bits per heavy atom. The number of ether oxygens (including phenoxy) is 2. The standard InChI is InChI=1S/C19H21ClN4O3/c1-23(9-10-27-17-6-4-16(26-2)5-7-17)19(25)21-11-15-13-24-12-14(20)3-8-18(24)22-15/h3-8,12-13H,9-11H2,1-2H3,(H,21,25). The number of rotatable bonds is 7. The molecule has 0 aliphatic rings. The van der Waals surface area contributed by atoms with E-state index in [1.807, 2.05) is 40.9 Å². The lowest BCUT2D eigenvalue weighted by Gasteiger charge is -2.18. The lowest BCUT2D eigenvalue weighted by Crippen LogP contribution is -2.39. The van der Waals surface area contributed by atoms with Crippen LogP contribution in [0.5, 0.6) is 11.5 Å². The number of pyridine rings is 1. The van der Waals surface area contributed by atoms with Crippen molar-refractivity contribution in [2.24, 2.45) is 0 Å². The van der Waals surface area contributed by atoms with Crippen LogP contribution in [0.3, 0.4) is 0 Å². The topological polar surface area (TPSA) is 68.1 Å². The molecule has 1 N–H and O–H groups in total. The average molecular weight is 389 g/mol. The van der Waals surface area contributed by atoms with Crippen LogP contribution in [0.4, 0.5) is 4.79 Å². The minimum absolute atomic E-state index is 0.191. The van der Waals surface area contributed by atoms with E-state index < -0.39 is 0 Å². The van der Waals surface area contributed by atoms with Gasteiger partial charge in [-0.15, -0.1) is 0 Å². The first-order chi connectivity index (χ1) is 13.0. The number of imidazole rings is 1. The highest BCUT2D eigenvalue weighted by atomic mass is 35.5. The monoisotopic (exact) mass is 388 g/mol. The van der Waals surface area contributed by atoms with Gasteiger partial charge in [0, 0.05) is 19.4 Å². The van der Waals surface area contributed by atoms with E-state index in [0.717, 1.165) is 22.8 Å². The van der Waals surface area contributed by atoms with Crippen LogP contribution in [0, 0.1) is 0 Å². The fourth-order valence-corrected chi connectivity index (χ4v) is 2.65. The number of amides is 2. The second kappa shape index (κ2) is 8.64. The summed E-state index contributed by atoms with van der Waals surface area (Å²) < 4.78 is 12.6. The molecule has 0 aliphatic carbocycles.